The predicted octanol–water partition coefficient (Wildman–Crippen LogP) is 5.79. The van der Waals surface area contributed by atoms with Crippen molar-refractivity contribution in [1.29, 1.82) is 0 Å². The number of hydrogen-bond donors (Lipinski definition) is 1. The Morgan fingerprint density at radius 3 is 2.27 bits per heavy atom. The van der Waals surface area contributed by atoms with Gasteiger partial charge in [0.25, 0.3) is 5.91 Å². The van der Waals surface area contributed by atoms with Gasteiger partial charge in [-0.2, -0.15) is 0 Å². The normalized spacial score (nSPS) is 14.4. The molecular weight excluding hydrogens is 458 g/mol. The summed E-state index contributed by atoms with van der Waals surface area (Å²) >= 11 is 0. The van der Waals surface area contributed by atoms with Crippen LogP contribution in [0.4, 0.5) is 0 Å². The molecule has 6 rings (SSSR count). The lowest BCUT2D eigenvalue weighted by Gasteiger charge is -2.38. The van der Waals surface area contributed by atoms with Crippen molar-refractivity contribution in [3.8, 4) is 28.3 Å². The molecule has 0 unspecified atom stereocenters. The molecule has 1 amide bonds. The molecule has 2 N–H and O–H groups in total. The number of hydrogen-bond acceptors (Lipinski definition) is 4. The number of benzene rings is 3. The van der Waals surface area contributed by atoms with Crippen molar-refractivity contribution in [3.05, 3.63) is 102 Å². The van der Waals surface area contributed by atoms with E-state index in [0.717, 1.165) is 52.3 Å². The first kappa shape index (κ1) is 23.1. The van der Waals surface area contributed by atoms with Crippen LogP contribution in [0.1, 0.15) is 35.2 Å². The van der Waals surface area contributed by atoms with Crippen LogP contribution in [0.5, 0.6) is 0 Å². The van der Waals surface area contributed by atoms with Gasteiger partial charge < -0.3 is 10.6 Å². The molecule has 0 atom stereocenters. The third kappa shape index (κ3) is 4.09. The Labute approximate surface area is 216 Å². The van der Waals surface area contributed by atoms with Crippen LogP contribution in [0.15, 0.2) is 91.0 Å². The minimum atomic E-state index is -0.210. The van der Waals surface area contributed by atoms with E-state index in [9.17, 15) is 4.79 Å². The number of imidazole rings is 1. The van der Waals surface area contributed by atoms with Gasteiger partial charge in [-0.15, -0.1) is 0 Å². The van der Waals surface area contributed by atoms with E-state index < -0.39 is 0 Å². The summed E-state index contributed by atoms with van der Waals surface area (Å²) in [5, 5.41) is 0. The third-order valence-electron chi connectivity index (χ3n) is 7.29. The zero-order valence-electron chi connectivity index (χ0n) is 21.1. The van der Waals surface area contributed by atoms with Crippen LogP contribution in [-0.4, -0.2) is 39.4 Å². The maximum absolute atomic E-state index is 12.5. The SMILES string of the molecule is CN(C)C(=O)c1cccc(-c2ccc3nc(-c4ccccc4)n(-c4ccc(C5(N)CCC5)cc4)c3n2)c1. The monoisotopic (exact) mass is 487 g/mol. The van der Waals surface area contributed by atoms with Crippen molar-refractivity contribution in [2.75, 3.05) is 14.1 Å². The zero-order chi connectivity index (χ0) is 25.6. The topological polar surface area (TPSA) is 77.0 Å². The molecule has 2 heterocycles. The zero-order valence-corrected chi connectivity index (χ0v) is 21.1. The van der Waals surface area contributed by atoms with Gasteiger partial charge in [-0.05, 0) is 61.2 Å². The average molecular weight is 488 g/mol. The fourth-order valence-electron chi connectivity index (χ4n) is 5.00. The van der Waals surface area contributed by atoms with Crippen molar-refractivity contribution >= 4 is 17.1 Å². The van der Waals surface area contributed by atoms with Crippen molar-refractivity contribution < 1.29 is 4.79 Å². The molecule has 0 aliphatic heterocycles. The number of nitrogens with two attached hydrogens (primary N) is 1. The van der Waals surface area contributed by atoms with Crippen molar-refractivity contribution in [2.45, 2.75) is 24.8 Å². The summed E-state index contributed by atoms with van der Waals surface area (Å²) in [5.74, 6) is 0.791. The molecule has 6 nitrogen and oxygen atoms in total. The lowest BCUT2D eigenvalue weighted by Crippen LogP contribution is -2.43. The Morgan fingerprint density at radius 2 is 1.59 bits per heavy atom. The Balaban J connectivity index is 1.50. The lowest BCUT2D eigenvalue weighted by molar-refractivity contribution is 0.0827. The van der Waals surface area contributed by atoms with E-state index in [1.807, 2.05) is 54.6 Å². The molecule has 0 radical (unpaired) electrons. The van der Waals surface area contributed by atoms with E-state index in [-0.39, 0.29) is 11.4 Å². The van der Waals surface area contributed by atoms with E-state index in [4.69, 9.17) is 15.7 Å². The second-order valence-corrected chi connectivity index (χ2v) is 10.0. The number of fused-ring (bicyclic) bond motifs is 1. The minimum Gasteiger partial charge on any atom is -0.345 e. The van der Waals surface area contributed by atoms with Crippen LogP contribution in [0, 0.1) is 0 Å². The van der Waals surface area contributed by atoms with Gasteiger partial charge in [0.2, 0.25) is 0 Å². The van der Waals surface area contributed by atoms with Gasteiger partial charge in [0.15, 0.2) is 5.65 Å². The number of carbonyl (C=O) groups is 1. The quantitative estimate of drug-likeness (QED) is 0.340. The first-order chi connectivity index (χ1) is 17.9. The van der Waals surface area contributed by atoms with Crippen molar-refractivity contribution in [1.82, 2.24) is 19.4 Å². The second-order valence-electron chi connectivity index (χ2n) is 10.0. The maximum atomic E-state index is 12.5. The number of rotatable bonds is 5. The highest BCUT2D eigenvalue weighted by Gasteiger charge is 2.34. The van der Waals surface area contributed by atoms with Gasteiger partial charge in [-0.1, -0.05) is 54.6 Å². The van der Waals surface area contributed by atoms with Gasteiger partial charge in [-0.25, -0.2) is 9.97 Å². The summed E-state index contributed by atoms with van der Waals surface area (Å²) < 4.78 is 2.11. The molecule has 1 aliphatic carbocycles. The molecule has 5 aromatic rings. The molecule has 1 saturated carbocycles. The smallest absolute Gasteiger partial charge is 0.253 e. The molecule has 184 valence electrons. The van der Waals surface area contributed by atoms with Gasteiger partial charge in [0.05, 0.1) is 5.69 Å². The Kier molecular flexibility index (Phi) is 5.61. The fourth-order valence-corrected chi connectivity index (χ4v) is 5.00. The van der Waals surface area contributed by atoms with E-state index >= 15 is 0 Å². The van der Waals surface area contributed by atoms with Crippen LogP contribution in [0.3, 0.4) is 0 Å². The summed E-state index contributed by atoms with van der Waals surface area (Å²) in [6.07, 6.45) is 3.22. The number of nitrogens with zero attached hydrogens (tertiary/aromatic N) is 4. The van der Waals surface area contributed by atoms with Crippen molar-refractivity contribution in [2.24, 2.45) is 5.73 Å². The minimum absolute atomic E-state index is 0.0384. The molecule has 3 aromatic carbocycles. The predicted molar refractivity (Wildman–Crippen MR) is 147 cm³/mol. The fraction of sp³-hybridized carbons (Fsp3) is 0.194. The number of pyridine rings is 1. The average Bonchev–Trinajstić information content (AvgIpc) is 3.31. The lowest BCUT2D eigenvalue weighted by atomic mass is 9.73. The Morgan fingerprint density at radius 1 is 0.865 bits per heavy atom. The van der Waals surface area contributed by atoms with Gasteiger partial charge in [0.1, 0.15) is 11.3 Å². The molecule has 6 heteroatoms. The van der Waals surface area contributed by atoms with Gasteiger partial charge in [-0.3, -0.25) is 9.36 Å². The highest BCUT2D eigenvalue weighted by Crippen LogP contribution is 2.39. The largest absolute Gasteiger partial charge is 0.345 e. The van der Waals surface area contributed by atoms with Crippen LogP contribution in [0.25, 0.3) is 39.5 Å². The molecule has 1 fully saturated rings. The van der Waals surface area contributed by atoms with Gasteiger partial charge >= 0.3 is 0 Å². The van der Waals surface area contributed by atoms with E-state index in [1.165, 1.54) is 12.0 Å². The first-order valence-corrected chi connectivity index (χ1v) is 12.6. The summed E-state index contributed by atoms with van der Waals surface area (Å²) in [6, 6.07) is 30.2. The molecule has 37 heavy (non-hydrogen) atoms. The number of aromatic nitrogens is 3. The van der Waals surface area contributed by atoms with Crippen LogP contribution < -0.4 is 5.73 Å². The highest BCUT2D eigenvalue weighted by atomic mass is 16.2. The second kappa shape index (κ2) is 8.98. The van der Waals surface area contributed by atoms with Crippen LogP contribution >= 0.6 is 0 Å². The molecule has 0 spiro atoms. The standard InChI is InChI=1S/C31H29N5O/c1-35(2)30(37)23-11-6-10-22(20-23)26-16-17-27-29(33-26)36(28(34-27)21-8-4-3-5-9-21)25-14-12-24(13-15-25)31(32)18-7-19-31/h3-6,8-17,20H,7,18-19,32H2,1-2H3. The van der Waals surface area contributed by atoms with E-state index in [0.29, 0.717) is 5.56 Å². The first-order valence-electron chi connectivity index (χ1n) is 12.6. The summed E-state index contributed by atoms with van der Waals surface area (Å²) in [5.41, 5.74) is 13.4. The highest BCUT2D eigenvalue weighted by molar-refractivity contribution is 5.95. The van der Waals surface area contributed by atoms with Gasteiger partial charge in [0, 0.05) is 42.0 Å². The Hall–Kier alpha value is -4.29. The van der Waals surface area contributed by atoms with E-state index in [2.05, 4.69) is 41.0 Å². The van der Waals surface area contributed by atoms with E-state index in [1.54, 1.807) is 19.0 Å². The Bertz CT molecular complexity index is 1600. The molecule has 1 aliphatic rings. The maximum Gasteiger partial charge on any atom is 0.253 e. The van der Waals surface area contributed by atoms with Crippen LogP contribution in [-0.2, 0) is 5.54 Å². The molecular formula is C31H29N5O. The molecule has 0 bridgehead atoms. The summed E-state index contributed by atoms with van der Waals surface area (Å²) in [4.78, 5) is 24.2. The van der Waals surface area contributed by atoms with Crippen molar-refractivity contribution in [3.63, 3.8) is 0 Å². The third-order valence-corrected chi connectivity index (χ3v) is 7.29. The molecule has 2 aromatic heterocycles. The van der Waals surface area contributed by atoms with Crippen LogP contribution in [0.2, 0.25) is 0 Å². The number of amides is 1. The summed E-state index contributed by atoms with van der Waals surface area (Å²) in [7, 11) is 3.51. The summed E-state index contributed by atoms with van der Waals surface area (Å²) in [6.45, 7) is 0. The molecule has 0 saturated heterocycles. The number of carbonyl (C=O) groups excluding carboxylic acids is 1.